The van der Waals surface area contributed by atoms with Gasteiger partial charge < -0.3 is 24.3 Å². The Morgan fingerprint density at radius 3 is 2.95 bits per heavy atom. The number of benzene rings is 1. The van der Waals surface area contributed by atoms with E-state index in [1.807, 2.05) is 0 Å². The molecular weight excluding hydrogens is 251 g/mol. The standard InChI is InChI=1S/C12H13BO6/c1-17-9-3-2-6-7-4-18-5-8(7)13(16)19-11(6)10(9)12(14)15/h2-3,7-8,16H,4-5H2,1H3,(H,14,15). The van der Waals surface area contributed by atoms with Gasteiger partial charge in [-0.3, -0.25) is 0 Å². The van der Waals surface area contributed by atoms with Gasteiger partial charge in [0.25, 0.3) is 0 Å². The van der Waals surface area contributed by atoms with E-state index in [0.717, 1.165) is 5.56 Å². The molecule has 1 aromatic rings. The van der Waals surface area contributed by atoms with Gasteiger partial charge in [0.1, 0.15) is 17.1 Å². The fourth-order valence-electron chi connectivity index (χ4n) is 2.75. The summed E-state index contributed by atoms with van der Waals surface area (Å²) in [5, 5.41) is 19.3. The van der Waals surface area contributed by atoms with Crippen molar-refractivity contribution in [3.05, 3.63) is 23.3 Å². The molecule has 7 heteroatoms. The minimum Gasteiger partial charge on any atom is -0.535 e. The van der Waals surface area contributed by atoms with Gasteiger partial charge in [-0.1, -0.05) is 6.07 Å². The van der Waals surface area contributed by atoms with Crippen molar-refractivity contribution in [2.45, 2.75) is 11.7 Å². The molecule has 1 fully saturated rings. The minimum absolute atomic E-state index is 0.0391. The molecular formula is C12H13BO6. The van der Waals surface area contributed by atoms with E-state index in [2.05, 4.69) is 0 Å². The van der Waals surface area contributed by atoms with Crippen LogP contribution >= 0.6 is 0 Å². The molecule has 2 atom stereocenters. The zero-order valence-corrected chi connectivity index (χ0v) is 10.3. The molecule has 6 nitrogen and oxygen atoms in total. The molecule has 2 aliphatic rings. The zero-order chi connectivity index (χ0) is 13.6. The van der Waals surface area contributed by atoms with Crippen LogP contribution in [-0.2, 0) is 4.74 Å². The van der Waals surface area contributed by atoms with Crippen molar-refractivity contribution >= 4 is 13.1 Å². The highest BCUT2D eigenvalue weighted by Crippen LogP contribution is 2.48. The maximum Gasteiger partial charge on any atom is 0.529 e. The monoisotopic (exact) mass is 264 g/mol. The average molecular weight is 264 g/mol. The first kappa shape index (κ1) is 12.3. The Labute approximate surface area is 110 Å². The van der Waals surface area contributed by atoms with E-state index in [9.17, 15) is 14.9 Å². The summed E-state index contributed by atoms with van der Waals surface area (Å²) in [5.74, 6) is -0.925. The molecule has 0 spiro atoms. The van der Waals surface area contributed by atoms with Crippen LogP contribution in [0, 0.1) is 0 Å². The first-order valence-corrected chi connectivity index (χ1v) is 6.00. The summed E-state index contributed by atoms with van der Waals surface area (Å²) in [6, 6.07) is 3.39. The van der Waals surface area contributed by atoms with Crippen LogP contribution in [0.5, 0.6) is 11.5 Å². The summed E-state index contributed by atoms with van der Waals surface area (Å²) in [7, 11) is 0.347. The van der Waals surface area contributed by atoms with E-state index in [1.54, 1.807) is 12.1 Å². The third kappa shape index (κ3) is 1.77. The van der Waals surface area contributed by atoms with Crippen LogP contribution in [0.4, 0.5) is 0 Å². The fraction of sp³-hybridized carbons (Fsp3) is 0.417. The summed E-state index contributed by atoms with van der Waals surface area (Å²) >= 11 is 0. The number of carboxylic acids is 1. The highest BCUT2D eigenvalue weighted by molar-refractivity contribution is 6.47. The molecule has 1 aromatic carbocycles. The third-order valence-electron chi connectivity index (χ3n) is 3.71. The minimum atomic E-state index is -1.14. The normalized spacial score (nSPS) is 24.4. The Morgan fingerprint density at radius 1 is 1.47 bits per heavy atom. The molecule has 0 aliphatic carbocycles. The van der Waals surface area contributed by atoms with Crippen LogP contribution in [0.1, 0.15) is 21.8 Å². The molecule has 100 valence electrons. The van der Waals surface area contributed by atoms with Gasteiger partial charge in [-0.05, 0) is 11.6 Å². The number of rotatable bonds is 2. The molecule has 0 aromatic heterocycles. The van der Waals surface area contributed by atoms with Gasteiger partial charge in [0.15, 0.2) is 0 Å². The molecule has 0 amide bonds. The topological polar surface area (TPSA) is 85.2 Å². The van der Waals surface area contributed by atoms with Gasteiger partial charge in [-0.25, -0.2) is 4.79 Å². The number of hydrogen-bond donors (Lipinski definition) is 2. The van der Waals surface area contributed by atoms with Crippen molar-refractivity contribution in [3.8, 4) is 11.5 Å². The summed E-state index contributed by atoms with van der Waals surface area (Å²) in [6.07, 6.45) is 0. The first-order chi connectivity index (χ1) is 9.13. The third-order valence-corrected chi connectivity index (χ3v) is 3.71. The second kappa shape index (κ2) is 4.43. The van der Waals surface area contributed by atoms with Gasteiger partial charge >= 0.3 is 13.1 Å². The number of carbonyl (C=O) groups is 1. The molecule has 3 rings (SSSR count). The van der Waals surface area contributed by atoms with Crippen molar-refractivity contribution < 1.29 is 29.1 Å². The second-order valence-corrected chi connectivity index (χ2v) is 4.68. The van der Waals surface area contributed by atoms with Crippen molar-refractivity contribution in [2.75, 3.05) is 20.3 Å². The van der Waals surface area contributed by atoms with Crippen molar-refractivity contribution in [3.63, 3.8) is 0 Å². The van der Waals surface area contributed by atoms with Crippen molar-refractivity contribution in [1.82, 2.24) is 0 Å². The Morgan fingerprint density at radius 2 is 2.26 bits per heavy atom. The van der Waals surface area contributed by atoms with Crippen molar-refractivity contribution in [2.24, 2.45) is 0 Å². The lowest BCUT2D eigenvalue weighted by molar-refractivity contribution is 0.0690. The van der Waals surface area contributed by atoms with Gasteiger partial charge in [0, 0.05) is 18.3 Å². The van der Waals surface area contributed by atoms with E-state index in [1.165, 1.54) is 7.11 Å². The SMILES string of the molecule is COc1ccc2c(c1C(=O)O)OB(O)C1COCC21. The Bertz CT molecular complexity index is 531. The number of fused-ring (bicyclic) bond motifs is 3. The van der Waals surface area contributed by atoms with Crippen LogP contribution in [-0.4, -0.2) is 43.5 Å². The molecule has 19 heavy (non-hydrogen) atoms. The summed E-state index contributed by atoms with van der Waals surface area (Å²) in [6.45, 7) is 0.878. The molecule has 0 saturated carbocycles. The van der Waals surface area contributed by atoms with Crippen LogP contribution in [0.25, 0.3) is 0 Å². The summed E-state index contributed by atoms with van der Waals surface area (Å²) < 4.78 is 15.8. The van der Waals surface area contributed by atoms with Gasteiger partial charge in [0.05, 0.1) is 13.7 Å². The van der Waals surface area contributed by atoms with E-state index in [-0.39, 0.29) is 28.8 Å². The average Bonchev–Trinajstić information content (AvgIpc) is 2.87. The molecule has 2 heterocycles. The first-order valence-electron chi connectivity index (χ1n) is 6.00. The smallest absolute Gasteiger partial charge is 0.529 e. The molecule has 2 aliphatic heterocycles. The lowest BCUT2D eigenvalue weighted by Gasteiger charge is -2.30. The highest BCUT2D eigenvalue weighted by atomic mass is 16.5. The number of aromatic carboxylic acids is 1. The Hall–Kier alpha value is -1.73. The van der Waals surface area contributed by atoms with Crippen LogP contribution in [0.15, 0.2) is 12.1 Å². The largest absolute Gasteiger partial charge is 0.535 e. The Kier molecular flexibility index (Phi) is 2.87. The summed E-state index contributed by atoms with van der Waals surface area (Å²) in [5.41, 5.74) is 0.704. The van der Waals surface area contributed by atoms with E-state index in [0.29, 0.717) is 13.2 Å². The van der Waals surface area contributed by atoms with Gasteiger partial charge in [0.2, 0.25) is 0 Å². The quantitative estimate of drug-likeness (QED) is 0.766. The Balaban J connectivity index is 2.17. The predicted molar refractivity (Wildman–Crippen MR) is 65.9 cm³/mol. The van der Waals surface area contributed by atoms with Crippen LogP contribution < -0.4 is 9.39 Å². The molecule has 0 radical (unpaired) electrons. The van der Waals surface area contributed by atoms with E-state index >= 15 is 0 Å². The van der Waals surface area contributed by atoms with Gasteiger partial charge in [-0.2, -0.15) is 0 Å². The zero-order valence-electron chi connectivity index (χ0n) is 10.3. The molecule has 1 saturated heterocycles. The molecule has 0 bridgehead atoms. The lowest BCUT2D eigenvalue weighted by atomic mass is 9.62. The van der Waals surface area contributed by atoms with E-state index in [4.69, 9.17) is 14.1 Å². The maximum atomic E-state index is 11.4. The second-order valence-electron chi connectivity index (χ2n) is 4.68. The number of carboxylic acid groups (broad SMARTS) is 1. The number of hydrogen-bond acceptors (Lipinski definition) is 5. The molecule has 2 N–H and O–H groups in total. The summed E-state index contributed by atoms with van der Waals surface area (Å²) in [4.78, 5) is 11.4. The predicted octanol–water partition coefficient (Wildman–Crippen LogP) is 0.750. The van der Waals surface area contributed by atoms with Crippen molar-refractivity contribution in [1.29, 1.82) is 0 Å². The lowest BCUT2D eigenvalue weighted by Crippen LogP contribution is -2.36. The number of ether oxygens (including phenoxy) is 2. The number of methoxy groups -OCH3 is 1. The van der Waals surface area contributed by atoms with E-state index < -0.39 is 13.1 Å². The highest BCUT2D eigenvalue weighted by Gasteiger charge is 2.47. The van der Waals surface area contributed by atoms with Crippen LogP contribution in [0.3, 0.4) is 0 Å². The maximum absolute atomic E-state index is 11.4. The molecule has 2 unspecified atom stereocenters. The van der Waals surface area contributed by atoms with Gasteiger partial charge in [-0.15, -0.1) is 0 Å². The fourth-order valence-corrected chi connectivity index (χ4v) is 2.75. The van der Waals surface area contributed by atoms with Crippen LogP contribution in [0.2, 0.25) is 5.82 Å².